The number of para-hydroxylation sites is 5. The molecule has 3 aromatic heterocycles. The van der Waals surface area contributed by atoms with Crippen LogP contribution in [0.15, 0.2) is 176 Å². The van der Waals surface area contributed by atoms with E-state index in [1.165, 1.54) is 10.8 Å². The van der Waals surface area contributed by atoms with Crippen LogP contribution in [0.1, 0.15) is 11.1 Å². The van der Waals surface area contributed by atoms with E-state index in [4.69, 9.17) is 0 Å². The lowest BCUT2D eigenvalue weighted by Gasteiger charge is -2.18. The van der Waals surface area contributed by atoms with Crippen molar-refractivity contribution in [2.75, 3.05) is 0 Å². The van der Waals surface area contributed by atoms with Gasteiger partial charge in [0, 0.05) is 43.6 Å². The molecule has 254 valence electrons. The third-order valence-corrected chi connectivity index (χ3v) is 11.1. The Morgan fingerprint density at radius 2 is 0.836 bits per heavy atom. The van der Waals surface area contributed by atoms with Gasteiger partial charge in [-0.2, -0.15) is 10.5 Å². The summed E-state index contributed by atoms with van der Waals surface area (Å²) in [6, 6.07) is 66.0. The van der Waals surface area contributed by atoms with E-state index in [-0.39, 0.29) is 0 Å². The Kier molecular flexibility index (Phi) is 6.61. The summed E-state index contributed by atoms with van der Waals surface area (Å²) < 4.78 is 7.03. The van der Waals surface area contributed by atoms with Gasteiger partial charge in [0.2, 0.25) is 0 Å². The highest BCUT2D eigenvalue weighted by Gasteiger charge is 2.22. The molecule has 11 rings (SSSR count). The molecule has 55 heavy (non-hydrogen) atoms. The van der Waals surface area contributed by atoms with Gasteiger partial charge in [-0.25, -0.2) is 0 Å². The Bertz CT molecular complexity index is 3400. The third kappa shape index (κ3) is 4.45. The molecule has 11 aromatic rings. The minimum absolute atomic E-state index is 0.599. The Morgan fingerprint density at radius 3 is 1.47 bits per heavy atom. The summed E-state index contributed by atoms with van der Waals surface area (Å²) in [5, 5.41) is 26.7. The molecule has 5 nitrogen and oxygen atoms in total. The molecule has 0 amide bonds. The summed E-state index contributed by atoms with van der Waals surface area (Å²) in [4.78, 5) is 0. The average molecular weight is 700 g/mol. The monoisotopic (exact) mass is 699 g/mol. The molecule has 0 aliphatic rings. The van der Waals surface area contributed by atoms with Crippen molar-refractivity contribution >= 4 is 65.4 Å². The van der Waals surface area contributed by atoms with Crippen molar-refractivity contribution in [1.82, 2.24) is 13.7 Å². The molecule has 0 radical (unpaired) electrons. The van der Waals surface area contributed by atoms with Crippen molar-refractivity contribution in [2.24, 2.45) is 0 Å². The first-order chi connectivity index (χ1) is 27.2. The van der Waals surface area contributed by atoms with Crippen LogP contribution in [0.3, 0.4) is 0 Å². The summed E-state index contributed by atoms with van der Waals surface area (Å²) in [6.07, 6.45) is 0. The first-order valence-electron chi connectivity index (χ1n) is 18.3. The molecule has 0 aliphatic heterocycles. The number of fused-ring (bicyclic) bond motifs is 9. The van der Waals surface area contributed by atoms with E-state index < -0.39 is 0 Å². The van der Waals surface area contributed by atoms with Gasteiger partial charge in [0.15, 0.2) is 0 Å². The molecular weight excluding hydrogens is 671 g/mol. The highest BCUT2D eigenvalue weighted by Crippen LogP contribution is 2.42. The van der Waals surface area contributed by atoms with Crippen molar-refractivity contribution in [3.63, 3.8) is 0 Å². The van der Waals surface area contributed by atoms with Crippen LogP contribution in [-0.4, -0.2) is 13.7 Å². The summed E-state index contributed by atoms with van der Waals surface area (Å²) >= 11 is 0. The maximum Gasteiger partial charge on any atom is 0.0991 e. The van der Waals surface area contributed by atoms with Crippen LogP contribution in [0, 0.1) is 22.7 Å². The second-order valence-electron chi connectivity index (χ2n) is 14.0. The normalized spacial score (nSPS) is 11.6. The van der Waals surface area contributed by atoms with Gasteiger partial charge in [0.05, 0.1) is 67.7 Å². The quantitative estimate of drug-likeness (QED) is 0.184. The van der Waals surface area contributed by atoms with E-state index in [2.05, 4.69) is 165 Å². The van der Waals surface area contributed by atoms with Gasteiger partial charge in [0.1, 0.15) is 0 Å². The Hall–Kier alpha value is -7.86. The maximum atomic E-state index is 10.2. The third-order valence-electron chi connectivity index (χ3n) is 11.1. The van der Waals surface area contributed by atoms with E-state index in [1.807, 2.05) is 36.4 Å². The molecule has 3 heterocycles. The molecule has 0 spiro atoms. The highest BCUT2D eigenvalue weighted by atomic mass is 15.1. The Balaban J connectivity index is 1.17. The van der Waals surface area contributed by atoms with Crippen LogP contribution in [0.2, 0.25) is 0 Å². The number of benzene rings is 8. The van der Waals surface area contributed by atoms with E-state index in [0.717, 1.165) is 82.8 Å². The van der Waals surface area contributed by atoms with E-state index in [1.54, 1.807) is 0 Å². The number of nitrogens with zero attached hydrogens (tertiary/aromatic N) is 5. The van der Waals surface area contributed by atoms with E-state index >= 15 is 0 Å². The minimum atomic E-state index is 0.599. The molecule has 0 saturated carbocycles. The lowest BCUT2D eigenvalue weighted by atomic mass is 10.00. The number of rotatable bonds is 4. The predicted octanol–water partition coefficient (Wildman–Crippen LogP) is 12.4. The standard InChI is InChI=1S/C50H29N5/c51-30-32-20-26-47(41(28-32)34-22-24-35(25-23-34)53-43-15-5-4-13-39(43)42-29-33(31-52)21-27-48(42)53)55-46-18-8-3-12-38(46)40-14-9-19-49(50(40)55)54-44-16-6-1-10-36(44)37-11-2-7-17-45(37)54/h1-29H. The second-order valence-corrected chi connectivity index (χ2v) is 14.0. The van der Waals surface area contributed by atoms with Gasteiger partial charge >= 0.3 is 0 Å². The molecule has 5 heteroatoms. The van der Waals surface area contributed by atoms with E-state index in [9.17, 15) is 10.5 Å². The van der Waals surface area contributed by atoms with Gasteiger partial charge < -0.3 is 13.7 Å². The summed E-state index contributed by atoms with van der Waals surface area (Å²) in [7, 11) is 0. The maximum absolute atomic E-state index is 10.2. The van der Waals surface area contributed by atoms with Gasteiger partial charge in [-0.15, -0.1) is 0 Å². The molecule has 0 saturated heterocycles. The zero-order valence-electron chi connectivity index (χ0n) is 29.5. The Morgan fingerprint density at radius 1 is 0.345 bits per heavy atom. The molecule has 0 aliphatic carbocycles. The van der Waals surface area contributed by atoms with Crippen LogP contribution in [0.4, 0.5) is 0 Å². The van der Waals surface area contributed by atoms with Crippen LogP contribution in [-0.2, 0) is 0 Å². The van der Waals surface area contributed by atoms with Crippen molar-refractivity contribution in [3.05, 3.63) is 187 Å². The molecule has 8 aromatic carbocycles. The van der Waals surface area contributed by atoms with Crippen molar-refractivity contribution in [3.8, 4) is 40.3 Å². The smallest absolute Gasteiger partial charge is 0.0991 e. The summed E-state index contributed by atoms with van der Waals surface area (Å²) in [5.74, 6) is 0. The SMILES string of the molecule is N#Cc1ccc(-n2c3ccccc3c3cccc(-n4c5ccccc5c5ccccc54)c32)c(-c2ccc(-n3c4ccccc4c4cc(C#N)ccc43)cc2)c1. The number of hydrogen-bond acceptors (Lipinski definition) is 2. The fourth-order valence-electron chi connectivity index (χ4n) is 8.76. The zero-order chi connectivity index (χ0) is 36.6. The summed E-state index contributed by atoms with van der Waals surface area (Å²) in [6.45, 7) is 0. The zero-order valence-corrected chi connectivity index (χ0v) is 29.5. The topological polar surface area (TPSA) is 62.4 Å². The lowest BCUT2D eigenvalue weighted by molar-refractivity contribution is 1.13. The molecule has 0 unspecified atom stereocenters. The van der Waals surface area contributed by atoms with Gasteiger partial charge in [-0.05, 0) is 84.4 Å². The first kappa shape index (κ1) is 30.7. The van der Waals surface area contributed by atoms with Crippen LogP contribution in [0.5, 0.6) is 0 Å². The van der Waals surface area contributed by atoms with Crippen LogP contribution < -0.4 is 0 Å². The lowest BCUT2D eigenvalue weighted by Crippen LogP contribution is -2.02. The highest BCUT2D eigenvalue weighted by molar-refractivity contribution is 6.15. The van der Waals surface area contributed by atoms with Crippen molar-refractivity contribution < 1.29 is 0 Å². The van der Waals surface area contributed by atoms with Crippen LogP contribution >= 0.6 is 0 Å². The fraction of sp³-hybridized carbons (Fsp3) is 0. The average Bonchev–Trinajstić information content (AvgIpc) is 3.89. The van der Waals surface area contributed by atoms with Crippen molar-refractivity contribution in [1.29, 1.82) is 10.5 Å². The van der Waals surface area contributed by atoms with Crippen molar-refractivity contribution in [2.45, 2.75) is 0 Å². The molecule has 0 bridgehead atoms. The largest absolute Gasteiger partial charge is 0.309 e. The van der Waals surface area contributed by atoms with E-state index in [0.29, 0.717) is 11.1 Å². The minimum Gasteiger partial charge on any atom is -0.309 e. The van der Waals surface area contributed by atoms with Gasteiger partial charge in [0.25, 0.3) is 0 Å². The number of aromatic nitrogens is 3. The van der Waals surface area contributed by atoms with Gasteiger partial charge in [-0.1, -0.05) is 97.1 Å². The predicted molar refractivity (Wildman–Crippen MR) is 224 cm³/mol. The first-order valence-corrected chi connectivity index (χ1v) is 18.3. The molecule has 0 atom stereocenters. The number of hydrogen-bond donors (Lipinski definition) is 0. The Labute approximate surface area is 316 Å². The second kappa shape index (κ2) is 11.8. The molecular formula is C50H29N5. The fourth-order valence-corrected chi connectivity index (χ4v) is 8.76. The van der Waals surface area contributed by atoms with Crippen LogP contribution in [0.25, 0.3) is 93.6 Å². The number of nitriles is 2. The molecule has 0 N–H and O–H groups in total. The van der Waals surface area contributed by atoms with Gasteiger partial charge in [-0.3, -0.25) is 0 Å². The summed E-state index contributed by atoms with van der Waals surface area (Å²) in [5.41, 5.74) is 12.9. The molecule has 0 fully saturated rings.